The highest BCUT2D eigenvalue weighted by Crippen LogP contribution is 2.58. The summed E-state index contributed by atoms with van der Waals surface area (Å²) in [5, 5.41) is 14.6. The van der Waals surface area contributed by atoms with Crippen LogP contribution in [0.15, 0.2) is 107 Å². The van der Waals surface area contributed by atoms with Crippen molar-refractivity contribution in [3.63, 3.8) is 0 Å². The number of Topliss-reactive ketones (excluding diaryl/α,β-unsaturated/α-hetero) is 1. The number of hydrogen-bond donors (Lipinski definition) is 1. The third-order valence-electron chi connectivity index (χ3n) is 11.4. The number of benzene rings is 2. The van der Waals surface area contributed by atoms with E-state index in [0.717, 1.165) is 33.2 Å². The molecule has 3 atom stereocenters. The molecular formula is C42H36N2O2S2. The minimum absolute atomic E-state index is 0.0246. The summed E-state index contributed by atoms with van der Waals surface area (Å²) in [6.45, 7) is 11.7. The summed E-state index contributed by atoms with van der Waals surface area (Å²) in [4.78, 5) is 22.6. The van der Waals surface area contributed by atoms with Gasteiger partial charge in [0.1, 0.15) is 11.9 Å². The quantitative estimate of drug-likeness (QED) is 0.194. The number of rotatable bonds is 4. The maximum absolute atomic E-state index is 13.1. The summed E-state index contributed by atoms with van der Waals surface area (Å²) in [7, 11) is 0. The van der Waals surface area contributed by atoms with Crippen molar-refractivity contribution in [2.75, 3.05) is 4.90 Å². The highest BCUT2D eigenvalue weighted by molar-refractivity contribution is 7.16. The standard InChI is InChI=1S/C42H36N2O2S2/c1-40(2)32-20-36(43-21-28(32)39-34(40)19-26(48-39)18-27-37(45)29-22-47-23-30(29)38(27)46)44(24-11-7-6-8-12-24)25-14-15-31-33(17-25)41(3,4)35-13-9-10-16-42(31,35)5/h6-23,35,37,45H,1-5H3/b27-18+. The van der Waals surface area contributed by atoms with Gasteiger partial charge < -0.3 is 5.11 Å². The number of allylic oxidation sites excluding steroid dienone is 4. The monoisotopic (exact) mass is 664 g/mol. The van der Waals surface area contributed by atoms with Gasteiger partial charge in [0.05, 0.1) is 0 Å². The molecule has 0 bridgehead atoms. The Labute approximate surface area is 289 Å². The third kappa shape index (κ3) is 3.97. The SMILES string of the molecule is CC1(C)c2cc(N(c3ccccc3)c3ccc4c(c3)C(C)(C)C3C=CC=CC43C)ncc2-c2sc(/C=C3/C(=O)c4cscc4C3O)cc21. The number of aliphatic hydroxyl groups is 1. The largest absolute Gasteiger partial charge is 0.383 e. The summed E-state index contributed by atoms with van der Waals surface area (Å²) in [5.74, 6) is 1.21. The molecule has 48 heavy (non-hydrogen) atoms. The Balaban J connectivity index is 1.13. The number of nitrogens with zero attached hydrogens (tertiary/aromatic N) is 2. The fourth-order valence-corrected chi connectivity index (χ4v) is 11.0. The van der Waals surface area contributed by atoms with E-state index in [-0.39, 0.29) is 22.0 Å². The first kappa shape index (κ1) is 29.8. The van der Waals surface area contributed by atoms with E-state index in [1.807, 2.05) is 23.0 Å². The predicted molar refractivity (Wildman–Crippen MR) is 198 cm³/mol. The van der Waals surface area contributed by atoms with Crippen molar-refractivity contribution in [1.82, 2.24) is 4.98 Å². The molecule has 5 aromatic rings. The van der Waals surface area contributed by atoms with Gasteiger partial charge in [-0.2, -0.15) is 11.3 Å². The minimum Gasteiger partial charge on any atom is -0.383 e. The second-order valence-electron chi connectivity index (χ2n) is 14.8. The summed E-state index contributed by atoms with van der Waals surface area (Å²) >= 11 is 3.12. The first-order valence-electron chi connectivity index (χ1n) is 16.5. The van der Waals surface area contributed by atoms with Crippen molar-refractivity contribution in [3.8, 4) is 10.4 Å². The fraction of sp³-hybridized carbons (Fsp3) is 0.238. The molecule has 0 amide bonds. The van der Waals surface area contributed by atoms with Gasteiger partial charge in [-0.25, -0.2) is 4.98 Å². The van der Waals surface area contributed by atoms with Gasteiger partial charge in [0, 0.05) is 65.8 Å². The summed E-state index contributed by atoms with van der Waals surface area (Å²) in [5.41, 5.74) is 10.0. The molecular weight excluding hydrogens is 629 g/mol. The molecule has 4 nitrogen and oxygen atoms in total. The molecule has 0 spiro atoms. The number of para-hydroxylation sites is 1. The zero-order chi connectivity index (χ0) is 33.2. The minimum atomic E-state index is -0.867. The van der Waals surface area contributed by atoms with Crippen LogP contribution in [0, 0.1) is 5.92 Å². The van der Waals surface area contributed by atoms with Gasteiger partial charge in [-0.15, -0.1) is 11.3 Å². The Morgan fingerprint density at radius 3 is 2.46 bits per heavy atom. The molecule has 9 rings (SSSR count). The first-order valence-corrected chi connectivity index (χ1v) is 18.3. The number of carbonyl (C=O) groups is 1. The highest BCUT2D eigenvalue weighted by atomic mass is 32.1. The van der Waals surface area contributed by atoms with Crippen LogP contribution in [-0.2, 0) is 16.2 Å². The molecule has 4 aliphatic carbocycles. The second kappa shape index (κ2) is 10.1. The first-order chi connectivity index (χ1) is 23.0. The maximum atomic E-state index is 13.1. The van der Waals surface area contributed by atoms with Gasteiger partial charge >= 0.3 is 0 Å². The van der Waals surface area contributed by atoms with Crippen LogP contribution in [0.2, 0.25) is 0 Å². The van der Waals surface area contributed by atoms with E-state index in [2.05, 4.69) is 124 Å². The van der Waals surface area contributed by atoms with E-state index >= 15 is 0 Å². The summed E-state index contributed by atoms with van der Waals surface area (Å²) < 4.78 is 0. The number of thiophene rings is 2. The lowest BCUT2D eigenvalue weighted by atomic mass is 9.67. The Kier molecular flexibility index (Phi) is 6.25. The molecule has 6 heteroatoms. The van der Waals surface area contributed by atoms with Crippen molar-refractivity contribution in [3.05, 3.63) is 146 Å². The second-order valence-corrected chi connectivity index (χ2v) is 16.6. The highest BCUT2D eigenvalue weighted by Gasteiger charge is 2.52. The number of hydrogen-bond acceptors (Lipinski definition) is 6. The lowest BCUT2D eigenvalue weighted by Gasteiger charge is -2.36. The molecule has 0 radical (unpaired) electrons. The van der Waals surface area contributed by atoms with Gasteiger partial charge in [0.15, 0.2) is 5.78 Å². The predicted octanol–water partition coefficient (Wildman–Crippen LogP) is 10.6. The van der Waals surface area contributed by atoms with Gasteiger partial charge in [-0.1, -0.05) is 83.2 Å². The molecule has 4 aliphatic rings. The Bertz CT molecular complexity index is 2270. The molecule has 1 N–H and O–H groups in total. The number of anilines is 3. The van der Waals surface area contributed by atoms with Gasteiger partial charge in [-0.3, -0.25) is 9.69 Å². The molecule has 0 saturated heterocycles. The topological polar surface area (TPSA) is 53.4 Å². The van der Waals surface area contributed by atoms with E-state index in [1.54, 1.807) is 11.3 Å². The molecule has 3 aromatic heterocycles. The molecule has 3 heterocycles. The normalized spacial score (nSPS) is 24.4. The van der Waals surface area contributed by atoms with Crippen LogP contribution in [0.1, 0.15) is 83.8 Å². The van der Waals surface area contributed by atoms with Crippen molar-refractivity contribution in [2.45, 2.75) is 57.0 Å². The van der Waals surface area contributed by atoms with Gasteiger partial charge in [0.25, 0.3) is 0 Å². The van der Waals surface area contributed by atoms with Crippen molar-refractivity contribution >= 4 is 51.7 Å². The molecule has 0 fully saturated rings. The molecule has 3 unspecified atom stereocenters. The number of ketones is 1. The molecule has 2 aromatic carbocycles. The van der Waals surface area contributed by atoms with Crippen LogP contribution >= 0.6 is 22.7 Å². The van der Waals surface area contributed by atoms with E-state index in [9.17, 15) is 9.90 Å². The number of aromatic nitrogens is 1. The van der Waals surface area contributed by atoms with E-state index in [1.165, 1.54) is 38.5 Å². The van der Waals surface area contributed by atoms with Crippen LogP contribution in [0.4, 0.5) is 17.2 Å². The van der Waals surface area contributed by atoms with Crippen LogP contribution in [-0.4, -0.2) is 15.9 Å². The Morgan fingerprint density at radius 1 is 0.854 bits per heavy atom. The van der Waals surface area contributed by atoms with Crippen molar-refractivity contribution < 1.29 is 9.90 Å². The van der Waals surface area contributed by atoms with Crippen LogP contribution < -0.4 is 4.90 Å². The summed E-state index contributed by atoms with van der Waals surface area (Å²) in [6.07, 6.45) is 12.2. The van der Waals surface area contributed by atoms with Crippen molar-refractivity contribution in [1.29, 1.82) is 0 Å². The number of fused-ring (bicyclic) bond motifs is 7. The smallest absolute Gasteiger partial charge is 0.193 e. The van der Waals surface area contributed by atoms with E-state index in [4.69, 9.17) is 4.98 Å². The average molecular weight is 665 g/mol. The Hall–Kier alpha value is -4.36. The summed E-state index contributed by atoms with van der Waals surface area (Å²) in [6, 6.07) is 22.0. The lowest BCUT2D eigenvalue weighted by molar-refractivity contribution is 0.102. The van der Waals surface area contributed by atoms with Crippen LogP contribution in [0.25, 0.3) is 16.5 Å². The van der Waals surface area contributed by atoms with Crippen LogP contribution in [0.5, 0.6) is 0 Å². The number of pyridine rings is 1. The van der Waals surface area contributed by atoms with Crippen LogP contribution in [0.3, 0.4) is 0 Å². The zero-order valence-electron chi connectivity index (χ0n) is 27.6. The maximum Gasteiger partial charge on any atom is 0.193 e. The van der Waals surface area contributed by atoms with Crippen molar-refractivity contribution in [2.24, 2.45) is 5.92 Å². The third-order valence-corrected chi connectivity index (χ3v) is 13.3. The number of carbonyl (C=O) groups excluding carboxylic acids is 1. The van der Waals surface area contributed by atoms with Gasteiger partial charge in [-0.05, 0) is 81.4 Å². The van der Waals surface area contributed by atoms with Gasteiger partial charge in [0.2, 0.25) is 0 Å². The van der Waals surface area contributed by atoms with E-state index in [0.29, 0.717) is 17.1 Å². The molecule has 238 valence electrons. The molecule has 0 saturated carbocycles. The zero-order valence-corrected chi connectivity index (χ0v) is 29.2. The average Bonchev–Trinajstić information content (AvgIpc) is 3.86. The van der Waals surface area contributed by atoms with E-state index < -0.39 is 6.10 Å². The molecule has 0 aliphatic heterocycles. The lowest BCUT2D eigenvalue weighted by Crippen LogP contribution is -2.34. The number of aliphatic hydroxyl groups excluding tert-OH is 1. The Morgan fingerprint density at radius 2 is 1.67 bits per heavy atom. The fourth-order valence-electron chi connectivity index (χ4n) is 8.82.